The lowest BCUT2D eigenvalue weighted by Crippen LogP contribution is -2.22. The number of hydrogen-bond donors (Lipinski definition) is 2. The first-order chi connectivity index (χ1) is 9.86. The van der Waals surface area contributed by atoms with Gasteiger partial charge in [0.25, 0.3) is 0 Å². The van der Waals surface area contributed by atoms with Crippen LogP contribution in [-0.4, -0.2) is 28.3 Å². The van der Waals surface area contributed by atoms with Crippen LogP contribution in [0.15, 0.2) is 24.5 Å². The Balaban J connectivity index is 1.65. The smallest absolute Gasteiger partial charge is 0.141 e. The monoisotopic (exact) mass is 272 g/mol. The predicted molar refractivity (Wildman–Crippen MR) is 76.8 cm³/mol. The number of rotatable bonds is 6. The van der Waals surface area contributed by atoms with E-state index in [1.165, 1.54) is 11.1 Å². The normalized spacial score (nSPS) is 14.8. The van der Waals surface area contributed by atoms with E-state index < -0.39 is 0 Å². The third-order valence-corrected chi connectivity index (χ3v) is 3.69. The third-order valence-electron chi connectivity index (χ3n) is 3.69. The lowest BCUT2D eigenvalue weighted by atomic mass is 10.0. The molecule has 0 saturated carbocycles. The summed E-state index contributed by atoms with van der Waals surface area (Å²) in [7, 11) is 0. The van der Waals surface area contributed by atoms with Crippen LogP contribution in [0.5, 0.6) is 5.75 Å². The molecule has 1 atom stereocenters. The van der Waals surface area contributed by atoms with Gasteiger partial charge in [0.15, 0.2) is 0 Å². The third kappa shape index (κ3) is 2.82. The molecule has 0 aliphatic carbocycles. The van der Waals surface area contributed by atoms with Crippen LogP contribution in [0.1, 0.15) is 36.3 Å². The molecule has 2 N–H and O–H groups in total. The second-order valence-corrected chi connectivity index (χ2v) is 5.06. The molecule has 106 valence electrons. The van der Waals surface area contributed by atoms with Crippen molar-refractivity contribution >= 4 is 0 Å². The number of nitrogens with one attached hydrogen (secondary N) is 2. The quantitative estimate of drug-likeness (QED) is 0.844. The fraction of sp³-hybridized carbons (Fsp3) is 0.467. The fourth-order valence-electron chi connectivity index (χ4n) is 2.67. The standard InChI is InChI=1S/C15H20N4O/c1-2-16-13(15-17-10-18-19-15)5-3-11-4-6-14-12(9-11)7-8-20-14/h4,6,9-10,13,16H,2-3,5,7-8H2,1H3,(H,17,18,19). The molecule has 0 fully saturated rings. The van der Waals surface area contributed by atoms with E-state index in [1.807, 2.05) is 0 Å². The first-order valence-electron chi connectivity index (χ1n) is 7.20. The van der Waals surface area contributed by atoms with Crippen LogP contribution in [0, 0.1) is 0 Å². The van der Waals surface area contributed by atoms with Crippen molar-refractivity contribution in [2.45, 2.75) is 32.2 Å². The van der Waals surface area contributed by atoms with E-state index in [-0.39, 0.29) is 6.04 Å². The SMILES string of the molecule is CCNC(CCc1ccc2c(c1)CCO2)c1ncn[nH]1. The molecule has 1 aliphatic rings. The van der Waals surface area contributed by atoms with E-state index in [9.17, 15) is 0 Å². The number of hydrogen-bond acceptors (Lipinski definition) is 4. The maximum atomic E-state index is 5.54. The van der Waals surface area contributed by atoms with Gasteiger partial charge in [0.2, 0.25) is 0 Å². The minimum Gasteiger partial charge on any atom is -0.493 e. The van der Waals surface area contributed by atoms with E-state index >= 15 is 0 Å². The van der Waals surface area contributed by atoms with Gasteiger partial charge in [0.05, 0.1) is 12.6 Å². The lowest BCUT2D eigenvalue weighted by molar-refractivity contribution is 0.357. The van der Waals surface area contributed by atoms with Crippen molar-refractivity contribution in [3.8, 4) is 5.75 Å². The zero-order chi connectivity index (χ0) is 13.8. The average Bonchev–Trinajstić information content (AvgIpc) is 3.13. The summed E-state index contributed by atoms with van der Waals surface area (Å²) in [6, 6.07) is 6.75. The lowest BCUT2D eigenvalue weighted by Gasteiger charge is -2.15. The van der Waals surface area contributed by atoms with E-state index in [2.05, 4.69) is 45.6 Å². The van der Waals surface area contributed by atoms with Crippen LogP contribution in [0.3, 0.4) is 0 Å². The largest absolute Gasteiger partial charge is 0.493 e. The number of H-pyrrole nitrogens is 1. The van der Waals surface area contributed by atoms with Gasteiger partial charge in [-0.25, -0.2) is 4.98 Å². The summed E-state index contributed by atoms with van der Waals surface area (Å²) in [4.78, 5) is 4.26. The van der Waals surface area contributed by atoms with Gasteiger partial charge in [-0.1, -0.05) is 19.1 Å². The van der Waals surface area contributed by atoms with Gasteiger partial charge in [-0.15, -0.1) is 0 Å². The number of fused-ring (bicyclic) bond motifs is 1. The molecule has 0 bridgehead atoms. The van der Waals surface area contributed by atoms with Crippen LogP contribution in [0.25, 0.3) is 0 Å². The van der Waals surface area contributed by atoms with Gasteiger partial charge in [-0.2, -0.15) is 5.10 Å². The molecule has 3 rings (SSSR count). The van der Waals surface area contributed by atoms with Crippen molar-refractivity contribution in [2.75, 3.05) is 13.2 Å². The molecule has 2 heterocycles. The van der Waals surface area contributed by atoms with Crippen molar-refractivity contribution in [3.63, 3.8) is 0 Å². The van der Waals surface area contributed by atoms with Crippen molar-refractivity contribution < 1.29 is 4.74 Å². The van der Waals surface area contributed by atoms with Crippen LogP contribution in [0.4, 0.5) is 0 Å². The first kappa shape index (κ1) is 13.1. The zero-order valence-electron chi connectivity index (χ0n) is 11.7. The van der Waals surface area contributed by atoms with Crippen molar-refractivity contribution in [1.82, 2.24) is 20.5 Å². The maximum Gasteiger partial charge on any atom is 0.141 e. The van der Waals surface area contributed by atoms with E-state index in [0.29, 0.717) is 0 Å². The highest BCUT2D eigenvalue weighted by atomic mass is 16.5. The van der Waals surface area contributed by atoms with E-state index in [1.54, 1.807) is 6.33 Å². The Morgan fingerprint density at radius 3 is 3.20 bits per heavy atom. The van der Waals surface area contributed by atoms with E-state index in [4.69, 9.17) is 4.74 Å². The second kappa shape index (κ2) is 6.05. The molecule has 1 aromatic heterocycles. The average molecular weight is 272 g/mol. The van der Waals surface area contributed by atoms with Gasteiger partial charge >= 0.3 is 0 Å². The Morgan fingerprint density at radius 1 is 1.45 bits per heavy atom. The summed E-state index contributed by atoms with van der Waals surface area (Å²) in [5.41, 5.74) is 2.69. The molecule has 1 unspecified atom stereocenters. The van der Waals surface area contributed by atoms with Gasteiger partial charge < -0.3 is 10.1 Å². The second-order valence-electron chi connectivity index (χ2n) is 5.06. The molecular formula is C15H20N4O. The predicted octanol–water partition coefficient (Wildman–Crippen LogP) is 2.02. The summed E-state index contributed by atoms with van der Waals surface area (Å²) < 4.78 is 5.54. The van der Waals surface area contributed by atoms with Crippen molar-refractivity contribution in [1.29, 1.82) is 0 Å². The van der Waals surface area contributed by atoms with Crippen LogP contribution in [-0.2, 0) is 12.8 Å². The number of ether oxygens (including phenoxy) is 1. The highest BCUT2D eigenvalue weighted by Gasteiger charge is 2.15. The van der Waals surface area contributed by atoms with Crippen LogP contribution >= 0.6 is 0 Å². The summed E-state index contributed by atoms with van der Waals surface area (Å²) in [5.74, 6) is 1.96. The van der Waals surface area contributed by atoms with E-state index in [0.717, 1.165) is 44.0 Å². The summed E-state index contributed by atoms with van der Waals surface area (Å²) in [5, 5.41) is 10.3. The Morgan fingerprint density at radius 2 is 2.40 bits per heavy atom. The topological polar surface area (TPSA) is 62.8 Å². The molecular weight excluding hydrogens is 252 g/mol. The first-order valence-corrected chi connectivity index (χ1v) is 7.20. The zero-order valence-corrected chi connectivity index (χ0v) is 11.7. The molecule has 0 saturated heterocycles. The molecule has 1 aromatic carbocycles. The highest BCUT2D eigenvalue weighted by molar-refractivity contribution is 5.39. The Hall–Kier alpha value is -1.88. The summed E-state index contributed by atoms with van der Waals surface area (Å²) in [6.45, 7) is 3.84. The Kier molecular flexibility index (Phi) is 3.97. The number of aromatic nitrogens is 3. The maximum absolute atomic E-state index is 5.54. The number of nitrogens with zero attached hydrogens (tertiary/aromatic N) is 2. The molecule has 0 radical (unpaired) electrons. The van der Waals surface area contributed by atoms with Gasteiger partial charge in [0, 0.05) is 6.42 Å². The number of aryl methyl sites for hydroxylation is 1. The van der Waals surface area contributed by atoms with Gasteiger partial charge in [-0.3, -0.25) is 5.10 Å². The minimum atomic E-state index is 0.229. The molecule has 2 aromatic rings. The Bertz CT molecular complexity index is 553. The number of aromatic amines is 1. The Labute approximate surface area is 118 Å². The fourth-order valence-corrected chi connectivity index (χ4v) is 2.67. The molecule has 5 heteroatoms. The molecule has 0 amide bonds. The van der Waals surface area contributed by atoms with Crippen LogP contribution < -0.4 is 10.1 Å². The summed E-state index contributed by atoms with van der Waals surface area (Å²) in [6.07, 6.45) is 4.61. The number of benzene rings is 1. The highest BCUT2D eigenvalue weighted by Crippen LogP contribution is 2.27. The van der Waals surface area contributed by atoms with Crippen molar-refractivity contribution in [3.05, 3.63) is 41.5 Å². The van der Waals surface area contributed by atoms with Gasteiger partial charge in [0.1, 0.15) is 17.9 Å². The molecule has 0 spiro atoms. The van der Waals surface area contributed by atoms with Crippen LogP contribution in [0.2, 0.25) is 0 Å². The minimum absolute atomic E-state index is 0.229. The van der Waals surface area contributed by atoms with Crippen molar-refractivity contribution in [2.24, 2.45) is 0 Å². The molecule has 20 heavy (non-hydrogen) atoms. The summed E-state index contributed by atoms with van der Waals surface area (Å²) >= 11 is 0. The molecule has 5 nitrogen and oxygen atoms in total. The molecule has 1 aliphatic heterocycles. The van der Waals surface area contributed by atoms with Gasteiger partial charge in [-0.05, 0) is 36.6 Å².